The Bertz CT molecular complexity index is 923. The minimum atomic E-state index is 0.121. The van der Waals surface area contributed by atoms with Crippen molar-refractivity contribution < 1.29 is 4.79 Å². The van der Waals surface area contributed by atoms with Crippen LogP contribution in [0.3, 0.4) is 0 Å². The topological polar surface area (TPSA) is 63.4 Å². The Kier molecular flexibility index (Phi) is 5.56. The second kappa shape index (κ2) is 7.86. The molecule has 7 heteroatoms. The van der Waals surface area contributed by atoms with E-state index in [2.05, 4.69) is 15.1 Å². The SMILES string of the molecule is CSc1nc2nc(C)c(CCC(=O)N(C)Cc3ccccc3)c(C)n2n1. The number of carbonyl (C=O) groups excluding carboxylic acids is 1. The number of hydrogen-bond donors (Lipinski definition) is 0. The van der Waals surface area contributed by atoms with Gasteiger partial charge in [0.25, 0.3) is 5.78 Å². The standard InChI is InChI=1S/C19H23N5OS/c1-13-16(14(2)24-18(20-13)21-19(22-24)26-4)10-11-17(25)23(3)12-15-8-6-5-7-9-15/h5-9H,10-12H2,1-4H3. The van der Waals surface area contributed by atoms with Gasteiger partial charge in [0.05, 0.1) is 0 Å². The number of carbonyl (C=O) groups is 1. The summed E-state index contributed by atoms with van der Waals surface area (Å²) in [5.41, 5.74) is 4.11. The van der Waals surface area contributed by atoms with Crippen LogP contribution in [0.4, 0.5) is 0 Å². The summed E-state index contributed by atoms with van der Waals surface area (Å²) < 4.78 is 1.77. The van der Waals surface area contributed by atoms with E-state index in [1.54, 1.807) is 9.42 Å². The first-order valence-electron chi connectivity index (χ1n) is 8.54. The molecule has 0 spiro atoms. The van der Waals surface area contributed by atoms with Gasteiger partial charge < -0.3 is 4.90 Å². The van der Waals surface area contributed by atoms with Crippen molar-refractivity contribution >= 4 is 23.4 Å². The molecule has 0 aliphatic carbocycles. The van der Waals surface area contributed by atoms with Crippen LogP contribution >= 0.6 is 11.8 Å². The van der Waals surface area contributed by atoms with Crippen LogP contribution in [0, 0.1) is 13.8 Å². The van der Waals surface area contributed by atoms with Crippen LogP contribution in [-0.2, 0) is 17.8 Å². The summed E-state index contributed by atoms with van der Waals surface area (Å²) in [5.74, 6) is 0.733. The van der Waals surface area contributed by atoms with Crippen LogP contribution in [0.15, 0.2) is 35.5 Å². The molecule has 3 rings (SSSR count). The highest BCUT2D eigenvalue weighted by Crippen LogP contribution is 2.18. The molecule has 1 aromatic carbocycles. The highest BCUT2D eigenvalue weighted by Gasteiger charge is 2.16. The summed E-state index contributed by atoms with van der Waals surface area (Å²) in [7, 11) is 1.85. The molecule has 0 saturated carbocycles. The van der Waals surface area contributed by atoms with Crippen LogP contribution in [0.1, 0.15) is 28.9 Å². The van der Waals surface area contributed by atoms with Crippen molar-refractivity contribution in [3.05, 3.63) is 52.8 Å². The van der Waals surface area contributed by atoms with Crippen molar-refractivity contribution in [1.82, 2.24) is 24.5 Å². The number of amides is 1. The molecule has 0 radical (unpaired) electrons. The Morgan fingerprint density at radius 3 is 2.62 bits per heavy atom. The number of rotatable bonds is 6. The van der Waals surface area contributed by atoms with Gasteiger partial charge in [0.15, 0.2) is 0 Å². The van der Waals surface area contributed by atoms with Crippen LogP contribution in [0.2, 0.25) is 0 Å². The molecule has 0 aliphatic heterocycles. The lowest BCUT2D eigenvalue weighted by Crippen LogP contribution is -2.26. The number of fused-ring (bicyclic) bond motifs is 1. The average molecular weight is 369 g/mol. The highest BCUT2D eigenvalue weighted by atomic mass is 32.2. The van der Waals surface area contributed by atoms with Crippen LogP contribution in [-0.4, -0.2) is 43.7 Å². The second-order valence-corrected chi connectivity index (χ2v) is 7.08. The van der Waals surface area contributed by atoms with Crippen molar-refractivity contribution in [3.63, 3.8) is 0 Å². The third kappa shape index (κ3) is 3.88. The van der Waals surface area contributed by atoms with Gasteiger partial charge in [-0.1, -0.05) is 42.1 Å². The number of thioether (sulfide) groups is 1. The molecule has 0 bridgehead atoms. The Morgan fingerprint density at radius 2 is 1.92 bits per heavy atom. The molecule has 2 heterocycles. The van der Waals surface area contributed by atoms with Crippen molar-refractivity contribution in [1.29, 1.82) is 0 Å². The Morgan fingerprint density at radius 1 is 1.19 bits per heavy atom. The molecule has 0 fully saturated rings. The molecule has 0 atom stereocenters. The lowest BCUT2D eigenvalue weighted by molar-refractivity contribution is -0.130. The van der Waals surface area contributed by atoms with Gasteiger partial charge in [-0.05, 0) is 37.7 Å². The summed E-state index contributed by atoms with van der Waals surface area (Å²) >= 11 is 1.49. The third-order valence-electron chi connectivity index (χ3n) is 4.49. The number of benzene rings is 1. The molecule has 3 aromatic rings. The van der Waals surface area contributed by atoms with Crippen molar-refractivity contribution in [2.24, 2.45) is 0 Å². The molecule has 0 aliphatic rings. The van der Waals surface area contributed by atoms with Crippen LogP contribution in [0.25, 0.3) is 5.78 Å². The first-order valence-corrected chi connectivity index (χ1v) is 9.76. The van der Waals surface area contributed by atoms with Gasteiger partial charge in [-0.15, -0.1) is 5.10 Å². The number of hydrogen-bond acceptors (Lipinski definition) is 5. The van der Waals surface area contributed by atoms with Crippen molar-refractivity contribution in [2.75, 3.05) is 13.3 Å². The van der Waals surface area contributed by atoms with Gasteiger partial charge in [-0.3, -0.25) is 4.79 Å². The van der Waals surface area contributed by atoms with E-state index in [9.17, 15) is 4.79 Å². The van der Waals surface area contributed by atoms with E-state index in [1.165, 1.54) is 11.8 Å². The average Bonchev–Trinajstić information content (AvgIpc) is 3.05. The van der Waals surface area contributed by atoms with Gasteiger partial charge in [0.2, 0.25) is 11.1 Å². The van der Waals surface area contributed by atoms with Gasteiger partial charge in [0, 0.05) is 31.4 Å². The van der Waals surface area contributed by atoms with E-state index in [-0.39, 0.29) is 5.91 Å². The maximum atomic E-state index is 12.5. The maximum Gasteiger partial charge on any atom is 0.253 e. The molecule has 0 unspecified atom stereocenters. The van der Waals surface area contributed by atoms with Crippen LogP contribution < -0.4 is 0 Å². The normalized spacial score (nSPS) is 11.1. The molecular weight excluding hydrogens is 346 g/mol. The lowest BCUT2D eigenvalue weighted by Gasteiger charge is -2.18. The van der Waals surface area contributed by atoms with Gasteiger partial charge in [-0.2, -0.15) is 4.98 Å². The lowest BCUT2D eigenvalue weighted by atomic mass is 10.1. The molecule has 0 N–H and O–H groups in total. The number of aromatic nitrogens is 4. The zero-order valence-corrected chi connectivity index (χ0v) is 16.4. The minimum absolute atomic E-state index is 0.121. The van der Waals surface area contributed by atoms with Gasteiger partial charge in [-0.25, -0.2) is 9.50 Å². The highest BCUT2D eigenvalue weighted by molar-refractivity contribution is 7.98. The third-order valence-corrected chi connectivity index (χ3v) is 5.03. The zero-order valence-electron chi connectivity index (χ0n) is 15.6. The van der Waals surface area contributed by atoms with E-state index in [0.717, 1.165) is 22.5 Å². The summed E-state index contributed by atoms with van der Waals surface area (Å²) in [6.45, 7) is 4.59. The fraction of sp³-hybridized carbons (Fsp3) is 0.368. The van der Waals surface area contributed by atoms with E-state index in [4.69, 9.17) is 0 Å². The van der Waals surface area contributed by atoms with E-state index in [0.29, 0.717) is 30.3 Å². The smallest absolute Gasteiger partial charge is 0.253 e. The second-order valence-electron chi connectivity index (χ2n) is 6.31. The molecule has 136 valence electrons. The van der Waals surface area contributed by atoms with Crippen LogP contribution in [0.5, 0.6) is 0 Å². The van der Waals surface area contributed by atoms with E-state index >= 15 is 0 Å². The van der Waals surface area contributed by atoms with Crippen molar-refractivity contribution in [3.8, 4) is 0 Å². The quantitative estimate of drug-likeness (QED) is 0.625. The van der Waals surface area contributed by atoms with Gasteiger partial charge in [0.1, 0.15) is 0 Å². The van der Waals surface area contributed by atoms with Gasteiger partial charge >= 0.3 is 0 Å². The molecular formula is C19H23N5OS. The molecule has 2 aromatic heterocycles. The molecule has 6 nitrogen and oxygen atoms in total. The first kappa shape index (κ1) is 18.4. The van der Waals surface area contributed by atoms with Crippen molar-refractivity contribution in [2.45, 2.75) is 38.4 Å². The largest absolute Gasteiger partial charge is 0.341 e. The summed E-state index contributed by atoms with van der Waals surface area (Å²) in [4.78, 5) is 23.2. The predicted octanol–water partition coefficient (Wildman–Crippen LogP) is 3.05. The van der Waals surface area contributed by atoms with E-state index < -0.39 is 0 Å². The molecule has 26 heavy (non-hydrogen) atoms. The summed E-state index contributed by atoms with van der Waals surface area (Å²) in [5, 5.41) is 5.17. The molecule has 0 saturated heterocycles. The zero-order chi connectivity index (χ0) is 18.7. The monoisotopic (exact) mass is 369 g/mol. The fourth-order valence-corrected chi connectivity index (χ4v) is 3.34. The maximum absolute atomic E-state index is 12.5. The fourth-order valence-electron chi connectivity index (χ4n) is 3.01. The predicted molar refractivity (Wildman–Crippen MR) is 103 cm³/mol. The van der Waals surface area contributed by atoms with E-state index in [1.807, 2.05) is 57.5 Å². The Hall–Kier alpha value is -2.41. The summed E-state index contributed by atoms with van der Waals surface area (Å²) in [6.07, 6.45) is 3.04. The Labute approximate surface area is 157 Å². The molecule has 1 amide bonds. The first-order chi connectivity index (χ1) is 12.5. The number of nitrogens with zero attached hydrogens (tertiary/aromatic N) is 5. The Balaban J connectivity index is 1.71. The number of aryl methyl sites for hydroxylation is 2. The summed E-state index contributed by atoms with van der Waals surface area (Å²) in [6, 6.07) is 10.0. The minimum Gasteiger partial charge on any atom is -0.341 e.